The van der Waals surface area contributed by atoms with Crippen LogP contribution in [-0.2, 0) is 4.79 Å². The van der Waals surface area contributed by atoms with Crippen molar-refractivity contribution in [2.24, 2.45) is 5.73 Å². The van der Waals surface area contributed by atoms with Gasteiger partial charge in [-0.25, -0.2) is 9.18 Å². The molecule has 1 aromatic rings. The van der Waals surface area contributed by atoms with Crippen molar-refractivity contribution in [3.05, 3.63) is 35.6 Å². The fourth-order valence-corrected chi connectivity index (χ4v) is 3.02. The highest BCUT2D eigenvalue weighted by Gasteiger charge is 2.32. The maximum atomic E-state index is 13.6. The Bertz CT molecular complexity index is 588. The van der Waals surface area contributed by atoms with E-state index in [0.717, 1.165) is 18.4 Å². The van der Waals surface area contributed by atoms with Gasteiger partial charge in [0.25, 0.3) is 0 Å². The fraction of sp³-hybridized carbons (Fsp3) is 0.529. The third-order valence-corrected chi connectivity index (χ3v) is 4.22. The SMILES string of the molecule is CCCCC(NC(N)=O)C(=O)N1CCNCC1c1cccc(F)c1.Cl. The molecule has 140 valence electrons. The van der Waals surface area contributed by atoms with Crippen LogP contribution in [0.1, 0.15) is 37.8 Å². The number of nitrogens with one attached hydrogen (secondary N) is 2. The Morgan fingerprint density at radius 2 is 2.24 bits per heavy atom. The standard InChI is InChI=1S/C17H25FN4O2.ClH/c1-2-3-7-14(21-17(19)24)16(23)22-9-8-20-11-15(22)12-5-4-6-13(18)10-12;/h4-6,10,14-15,20H,2-3,7-9,11H2,1H3,(H3,19,21,24);1H. The summed E-state index contributed by atoms with van der Waals surface area (Å²) in [5.41, 5.74) is 5.96. The number of benzene rings is 1. The van der Waals surface area contributed by atoms with E-state index in [1.165, 1.54) is 12.1 Å². The van der Waals surface area contributed by atoms with E-state index in [2.05, 4.69) is 10.6 Å². The second-order valence-corrected chi connectivity index (χ2v) is 6.01. The van der Waals surface area contributed by atoms with Crippen molar-refractivity contribution in [1.82, 2.24) is 15.5 Å². The van der Waals surface area contributed by atoms with Gasteiger partial charge in [0, 0.05) is 19.6 Å². The largest absolute Gasteiger partial charge is 0.352 e. The predicted molar refractivity (Wildman–Crippen MR) is 97.0 cm³/mol. The summed E-state index contributed by atoms with van der Waals surface area (Å²) in [7, 11) is 0. The van der Waals surface area contributed by atoms with Crippen LogP contribution in [-0.4, -0.2) is 42.5 Å². The molecule has 2 atom stereocenters. The van der Waals surface area contributed by atoms with Gasteiger partial charge in [0.1, 0.15) is 11.9 Å². The molecule has 1 aliphatic rings. The van der Waals surface area contributed by atoms with Gasteiger partial charge in [0.15, 0.2) is 0 Å². The van der Waals surface area contributed by atoms with E-state index in [4.69, 9.17) is 5.73 Å². The molecule has 0 bridgehead atoms. The van der Waals surface area contributed by atoms with Gasteiger partial charge >= 0.3 is 6.03 Å². The Kier molecular flexibility index (Phi) is 8.65. The van der Waals surface area contributed by atoms with Gasteiger partial charge in [-0.1, -0.05) is 31.9 Å². The van der Waals surface area contributed by atoms with Gasteiger partial charge < -0.3 is 21.3 Å². The van der Waals surface area contributed by atoms with Gasteiger partial charge in [0.2, 0.25) is 5.91 Å². The number of rotatable bonds is 6. The third-order valence-electron chi connectivity index (χ3n) is 4.22. The number of piperazine rings is 1. The fourth-order valence-electron chi connectivity index (χ4n) is 3.02. The lowest BCUT2D eigenvalue weighted by Gasteiger charge is -2.38. The number of hydrogen-bond acceptors (Lipinski definition) is 3. The number of primary amides is 1. The first-order valence-corrected chi connectivity index (χ1v) is 8.35. The van der Waals surface area contributed by atoms with Crippen molar-refractivity contribution < 1.29 is 14.0 Å². The summed E-state index contributed by atoms with van der Waals surface area (Å²) in [4.78, 5) is 25.9. The maximum absolute atomic E-state index is 13.6. The maximum Gasteiger partial charge on any atom is 0.312 e. The van der Waals surface area contributed by atoms with Crippen LogP contribution >= 0.6 is 12.4 Å². The van der Waals surface area contributed by atoms with E-state index >= 15 is 0 Å². The molecule has 0 aromatic heterocycles. The zero-order chi connectivity index (χ0) is 17.5. The minimum atomic E-state index is -0.707. The smallest absolute Gasteiger partial charge is 0.312 e. The summed E-state index contributed by atoms with van der Waals surface area (Å²) in [5.74, 6) is -0.499. The molecule has 6 nitrogen and oxygen atoms in total. The van der Waals surface area contributed by atoms with Gasteiger partial charge in [-0.2, -0.15) is 0 Å². The highest BCUT2D eigenvalue weighted by molar-refractivity contribution is 5.87. The van der Waals surface area contributed by atoms with E-state index in [1.807, 2.05) is 13.0 Å². The number of unbranched alkanes of at least 4 members (excludes halogenated alkanes) is 1. The lowest BCUT2D eigenvalue weighted by Crippen LogP contribution is -2.56. The van der Waals surface area contributed by atoms with E-state index in [1.54, 1.807) is 11.0 Å². The van der Waals surface area contributed by atoms with Gasteiger partial charge in [-0.3, -0.25) is 4.79 Å². The second-order valence-electron chi connectivity index (χ2n) is 6.01. The van der Waals surface area contributed by atoms with Crippen molar-refractivity contribution in [2.45, 2.75) is 38.3 Å². The van der Waals surface area contributed by atoms with Crippen LogP contribution in [0, 0.1) is 5.82 Å². The summed E-state index contributed by atoms with van der Waals surface area (Å²) < 4.78 is 13.6. The number of nitrogens with zero attached hydrogens (tertiary/aromatic N) is 1. The van der Waals surface area contributed by atoms with Crippen molar-refractivity contribution in [3.63, 3.8) is 0 Å². The first-order valence-electron chi connectivity index (χ1n) is 8.35. The minimum Gasteiger partial charge on any atom is -0.352 e. The van der Waals surface area contributed by atoms with Crippen molar-refractivity contribution in [2.75, 3.05) is 19.6 Å². The van der Waals surface area contributed by atoms with Crippen LogP contribution in [0.2, 0.25) is 0 Å². The van der Waals surface area contributed by atoms with Crippen LogP contribution in [0.5, 0.6) is 0 Å². The highest BCUT2D eigenvalue weighted by atomic mass is 35.5. The Balaban J connectivity index is 0.00000312. The summed E-state index contributed by atoms with van der Waals surface area (Å²) in [5, 5.41) is 5.78. The Labute approximate surface area is 153 Å². The lowest BCUT2D eigenvalue weighted by atomic mass is 10.0. The molecule has 4 N–H and O–H groups in total. The molecule has 8 heteroatoms. The number of carbonyl (C=O) groups is 2. The Morgan fingerprint density at radius 3 is 2.88 bits per heavy atom. The topological polar surface area (TPSA) is 87.5 Å². The molecular formula is C17H26ClFN4O2. The summed E-state index contributed by atoms with van der Waals surface area (Å²) in [6.07, 6.45) is 2.27. The first-order chi connectivity index (χ1) is 11.5. The average Bonchev–Trinajstić information content (AvgIpc) is 2.57. The van der Waals surface area contributed by atoms with E-state index < -0.39 is 12.1 Å². The molecule has 0 radical (unpaired) electrons. The molecule has 1 saturated heterocycles. The molecule has 0 saturated carbocycles. The van der Waals surface area contributed by atoms with Gasteiger partial charge in [-0.05, 0) is 24.1 Å². The van der Waals surface area contributed by atoms with Crippen molar-refractivity contribution in [3.8, 4) is 0 Å². The number of carbonyl (C=O) groups excluding carboxylic acids is 2. The molecule has 2 unspecified atom stereocenters. The molecule has 1 heterocycles. The van der Waals surface area contributed by atoms with Crippen molar-refractivity contribution >= 4 is 24.3 Å². The van der Waals surface area contributed by atoms with Crippen LogP contribution in [0.15, 0.2) is 24.3 Å². The van der Waals surface area contributed by atoms with Gasteiger partial charge in [0.05, 0.1) is 6.04 Å². The molecular weight excluding hydrogens is 347 g/mol. The van der Waals surface area contributed by atoms with E-state index in [9.17, 15) is 14.0 Å². The van der Waals surface area contributed by atoms with Crippen molar-refractivity contribution in [1.29, 1.82) is 0 Å². The molecule has 1 aromatic carbocycles. The molecule has 0 spiro atoms. The van der Waals surface area contributed by atoms with Crippen LogP contribution in [0.3, 0.4) is 0 Å². The second kappa shape index (κ2) is 10.2. The molecule has 1 fully saturated rings. The number of urea groups is 1. The molecule has 25 heavy (non-hydrogen) atoms. The summed E-state index contributed by atoms with van der Waals surface area (Å²) in [6.45, 7) is 3.73. The predicted octanol–water partition coefficient (Wildman–Crippen LogP) is 1.95. The van der Waals surface area contributed by atoms with E-state index in [0.29, 0.717) is 26.1 Å². The zero-order valence-electron chi connectivity index (χ0n) is 14.3. The average molecular weight is 373 g/mol. The highest BCUT2D eigenvalue weighted by Crippen LogP contribution is 2.24. The third kappa shape index (κ3) is 5.86. The summed E-state index contributed by atoms with van der Waals surface area (Å²) >= 11 is 0. The molecule has 3 amide bonds. The molecule has 1 aliphatic heterocycles. The molecule has 0 aliphatic carbocycles. The summed E-state index contributed by atoms with van der Waals surface area (Å²) in [6, 6.07) is 4.66. The first kappa shape index (κ1) is 21.2. The Morgan fingerprint density at radius 1 is 1.48 bits per heavy atom. The lowest BCUT2D eigenvalue weighted by molar-refractivity contribution is -0.136. The number of amides is 3. The zero-order valence-corrected chi connectivity index (χ0v) is 15.2. The number of nitrogens with two attached hydrogens (primary N) is 1. The minimum absolute atomic E-state index is 0. The number of hydrogen-bond donors (Lipinski definition) is 3. The van der Waals surface area contributed by atoms with Crippen LogP contribution in [0.25, 0.3) is 0 Å². The normalized spacial score (nSPS) is 18.2. The van der Waals surface area contributed by atoms with Gasteiger partial charge in [-0.15, -0.1) is 12.4 Å². The molecule has 2 rings (SSSR count). The number of halogens is 2. The monoisotopic (exact) mass is 372 g/mol. The van der Waals surface area contributed by atoms with Crippen LogP contribution in [0.4, 0.5) is 9.18 Å². The quantitative estimate of drug-likeness (QED) is 0.713. The van der Waals surface area contributed by atoms with Crippen LogP contribution < -0.4 is 16.4 Å². The Hall–Kier alpha value is -1.86. The van der Waals surface area contributed by atoms with E-state index in [-0.39, 0.29) is 30.2 Å².